The van der Waals surface area contributed by atoms with Crippen LogP contribution in [0.2, 0.25) is 0 Å². The number of benzene rings is 2. The highest BCUT2D eigenvalue weighted by molar-refractivity contribution is 5.97. The largest absolute Gasteiger partial charge is 0.472 e. The summed E-state index contributed by atoms with van der Waals surface area (Å²) in [6.45, 7) is 8.59. The smallest absolute Gasteiger partial charge is 0.233 e. The van der Waals surface area contributed by atoms with Crippen molar-refractivity contribution in [2.24, 2.45) is 0 Å². The van der Waals surface area contributed by atoms with Crippen LogP contribution in [0.3, 0.4) is 0 Å². The average molecular weight is 514 g/mol. The molecule has 0 radical (unpaired) electrons. The molecular formula is C30H35N5O3. The second kappa shape index (κ2) is 10.7. The van der Waals surface area contributed by atoms with Gasteiger partial charge in [0.2, 0.25) is 5.88 Å². The van der Waals surface area contributed by atoms with E-state index in [0.717, 1.165) is 85.7 Å². The lowest BCUT2D eigenvalue weighted by atomic mass is 10.0. The number of carbonyl (C=O) groups excluding carboxylic acids is 1. The van der Waals surface area contributed by atoms with Crippen molar-refractivity contribution in [3.8, 4) is 5.88 Å². The summed E-state index contributed by atoms with van der Waals surface area (Å²) in [6, 6.07) is 18.4. The first kappa shape index (κ1) is 24.8. The number of hydrogen-bond donors (Lipinski definition) is 0. The molecule has 0 spiro atoms. The minimum absolute atomic E-state index is 0.0747. The summed E-state index contributed by atoms with van der Waals surface area (Å²) in [5.41, 5.74) is 4.96. The van der Waals surface area contributed by atoms with Crippen molar-refractivity contribution < 1.29 is 14.3 Å². The fourth-order valence-electron chi connectivity index (χ4n) is 5.50. The summed E-state index contributed by atoms with van der Waals surface area (Å²) in [4.78, 5) is 19.5. The van der Waals surface area contributed by atoms with Gasteiger partial charge >= 0.3 is 0 Å². The number of imidazole rings is 1. The molecule has 4 aromatic rings. The van der Waals surface area contributed by atoms with Crippen molar-refractivity contribution in [3.63, 3.8) is 0 Å². The third kappa shape index (κ3) is 5.24. The lowest BCUT2D eigenvalue weighted by Crippen LogP contribution is -2.36. The highest BCUT2D eigenvalue weighted by Gasteiger charge is 2.26. The Morgan fingerprint density at radius 3 is 2.58 bits per heavy atom. The summed E-state index contributed by atoms with van der Waals surface area (Å²) in [6.07, 6.45) is 3.35. The molecule has 0 N–H and O–H groups in total. The van der Waals surface area contributed by atoms with Gasteiger partial charge in [-0.25, -0.2) is 4.98 Å². The number of hydrogen-bond acceptors (Lipinski definition) is 6. The number of aromatic nitrogens is 4. The quantitative estimate of drug-likeness (QED) is 0.295. The molecular weight excluding hydrogens is 478 g/mol. The Bertz CT molecular complexity index is 1410. The Morgan fingerprint density at radius 2 is 1.87 bits per heavy atom. The van der Waals surface area contributed by atoms with Gasteiger partial charge in [-0.2, -0.15) is 0 Å². The van der Waals surface area contributed by atoms with Gasteiger partial charge < -0.3 is 14.0 Å². The molecule has 8 heteroatoms. The van der Waals surface area contributed by atoms with E-state index in [-0.39, 0.29) is 11.9 Å². The van der Waals surface area contributed by atoms with E-state index in [1.165, 1.54) is 0 Å². The molecule has 0 saturated carbocycles. The van der Waals surface area contributed by atoms with Crippen LogP contribution in [-0.2, 0) is 24.4 Å². The highest BCUT2D eigenvalue weighted by atomic mass is 16.5. The number of piperidine rings is 1. The normalized spacial score (nSPS) is 18.5. The number of rotatable bonds is 9. The average Bonchev–Trinajstić information content (AvgIpc) is 3.44. The zero-order valence-corrected chi connectivity index (χ0v) is 22.2. The zero-order chi connectivity index (χ0) is 26.1. The second-order valence-electron chi connectivity index (χ2n) is 10.5. The first-order valence-electron chi connectivity index (χ1n) is 13.6. The van der Waals surface area contributed by atoms with E-state index < -0.39 is 0 Å². The molecule has 0 bridgehead atoms. The molecule has 38 heavy (non-hydrogen) atoms. The fourth-order valence-corrected chi connectivity index (χ4v) is 5.50. The molecule has 2 aliphatic heterocycles. The van der Waals surface area contributed by atoms with E-state index in [0.29, 0.717) is 18.5 Å². The number of aryl methyl sites for hydroxylation is 1. The van der Waals surface area contributed by atoms with E-state index in [1.807, 2.05) is 42.5 Å². The topological polar surface area (TPSA) is 74.4 Å². The number of fused-ring (bicyclic) bond motifs is 1. The molecule has 2 fully saturated rings. The molecule has 0 aliphatic carbocycles. The Hall–Kier alpha value is -3.49. The van der Waals surface area contributed by atoms with Crippen LogP contribution >= 0.6 is 0 Å². The predicted octanol–water partition coefficient (Wildman–Crippen LogP) is 4.95. The maximum Gasteiger partial charge on any atom is 0.233 e. The molecule has 0 unspecified atom stereocenters. The Kier molecular flexibility index (Phi) is 7.00. The molecule has 4 heterocycles. The lowest BCUT2D eigenvalue weighted by Gasteiger charge is -2.33. The number of ketones is 1. The Balaban J connectivity index is 1.12. The van der Waals surface area contributed by atoms with Gasteiger partial charge in [-0.3, -0.25) is 14.4 Å². The van der Waals surface area contributed by atoms with Crippen molar-refractivity contribution in [3.05, 3.63) is 77.2 Å². The molecule has 2 aliphatic rings. The van der Waals surface area contributed by atoms with E-state index in [1.54, 1.807) is 6.92 Å². The van der Waals surface area contributed by atoms with Crippen LogP contribution in [0.25, 0.3) is 11.0 Å². The summed E-state index contributed by atoms with van der Waals surface area (Å²) < 4.78 is 16.1. The first-order valence-corrected chi connectivity index (χ1v) is 13.6. The Labute approximate surface area is 223 Å². The lowest BCUT2D eigenvalue weighted by molar-refractivity contribution is -0.0592. The van der Waals surface area contributed by atoms with Gasteiger partial charge in [-0.15, -0.1) is 5.10 Å². The predicted molar refractivity (Wildman–Crippen MR) is 145 cm³/mol. The summed E-state index contributed by atoms with van der Waals surface area (Å²) in [5, 5.41) is 4.79. The van der Waals surface area contributed by atoms with Crippen molar-refractivity contribution in [1.29, 1.82) is 0 Å². The minimum Gasteiger partial charge on any atom is -0.472 e. The van der Waals surface area contributed by atoms with Gasteiger partial charge in [0.25, 0.3) is 0 Å². The van der Waals surface area contributed by atoms with Crippen LogP contribution in [0.15, 0.2) is 54.6 Å². The SMILES string of the molecule is CC(=O)c1ccc2nc(CN3CCC(n4nc(OCc5ccccc5)cc4C)CC3)n(C[C@@H]3CCO3)c2c1. The van der Waals surface area contributed by atoms with Crippen LogP contribution in [0.4, 0.5) is 0 Å². The van der Waals surface area contributed by atoms with Gasteiger partial charge in [-0.1, -0.05) is 30.3 Å². The maximum absolute atomic E-state index is 12.0. The standard InChI is InChI=1S/C30H35N5O3/c1-21-16-30(38-20-23-6-4-3-5-7-23)32-35(21)25-10-13-33(14-11-25)19-29-31-27-9-8-24(22(2)36)17-28(27)34(29)18-26-12-15-37-26/h3-9,16-17,25-26H,10-15,18-20H2,1-2H3/t26-/m0/s1. The van der Waals surface area contributed by atoms with E-state index in [4.69, 9.17) is 19.6 Å². The molecule has 2 saturated heterocycles. The molecule has 0 amide bonds. The molecule has 1 atom stereocenters. The first-order chi connectivity index (χ1) is 18.5. The van der Waals surface area contributed by atoms with E-state index >= 15 is 0 Å². The van der Waals surface area contributed by atoms with Crippen LogP contribution in [0.1, 0.15) is 59.7 Å². The highest BCUT2D eigenvalue weighted by Crippen LogP contribution is 2.28. The maximum atomic E-state index is 12.0. The van der Waals surface area contributed by atoms with Gasteiger partial charge in [0, 0.05) is 37.0 Å². The number of nitrogens with zero attached hydrogens (tertiary/aromatic N) is 5. The third-order valence-corrected chi connectivity index (χ3v) is 7.81. The minimum atomic E-state index is 0.0747. The fraction of sp³-hybridized carbons (Fsp3) is 0.433. The molecule has 8 nitrogen and oxygen atoms in total. The van der Waals surface area contributed by atoms with Gasteiger partial charge in [0.05, 0.1) is 36.3 Å². The molecule has 6 rings (SSSR count). The molecule has 198 valence electrons. The number of likely N-dealkylation sites (tertiary alicyclic amines) is 1. The van der Waals surface area contributed by atoms with Gasteiger partial charge in [0.15, 0.2) is 5.78 Å². The van der Waals surface area contributed by atoms with Gasteiger partial charge in [-0.05, 0) is 56.9 Å². The number of ether oxygens (including phenoxy) is 2. The molecule has 2 aromatic heterocycles. The van der Waals surface area contributed by atoms with Crippen molar-refractivity contribution >= 4 is 16.8 Å². The summed E-state index contributed by atoms with van der Waals surface area (Å²) in [7, 11) is 0. The van der Waals surface area contributed by atoms with Crippen LogP contribution < -0.4 is 4.74 Å². The van der Waals surface area contributed by atoms with Crippen LogP contribution in [-0.4, -0.2) is 55.8 Å². The second-order valence-corrected chi connectivity index (χ2v) is 10.5. The monoisotopic (exact) mass is 513 g/mol. The summed E-state index contributed by atoms with van der Waals surface area (Å²) >= 11 is 0. The third-order valence-electron chi connectivity index (χ3n) is 7.81. The van der Waals surface area contributed by atoms with Gasteiger partial charge in [0.1, 0.15) is 12.4 Å². The van der Waals surface area contributed by atoms with E-state index in [9.17, 15) is 4.79 Å². The number of carbonyl (C=O) groups is 1. The molecule has 2 aromatic carbocycles. The van der Waals surface area contributed by atoms with Crippen LogP contribution in [0.5, 0.6) is 5.88 Å². The van der Waals surface area contributed by atoms with Crippen molar-refractivity contribution in [1.82, 2.24) is 24.2 Å². The van der Waals surface area contributed by atoms with Crippen molar-refractivity contribution in [2.75, 3.05) is 19.7 Å². The van der Waals surface area contributed by atoms with Crippen LogP contribution in [0, 0.1) is 6.92 Å². The van der Waals surface area contributed by atoms with E-state index in [2.05, 4.69) is 33.2 Å². The zero-order valence-electron chi connectivity index (χ0n) is 22.2. The van der Waals surface area contributed by atoms with Crippen molar-refractivity contribution in [2.45, 2.75) is 65.0 Å². The Morgan fingerprint density at radius 1 is 1.08 bits per heavy atom. The number of Topliss-reactive ketones (excluding diaryl/α,β-unsaturated/α-hetero) is 1. The summed E-state index contributed by atoms with van der Waals surface area (Å²) in [5.74, 6) is 1.80.